The number of nitrogens with one attached hydrogen (secondary N) is 2. The van der Waals surface area contributed by atoms with Crippen molar-refractivity contribution in [2.24, 2.45) is 0 Å². The van der Waals surface area contributed by atoms with E-state index >= 15 is 0 Å². The maximum absolute atomic E-state index is 12.3. The molecule has 9 nitrogen and oxygen atoms in total. The van der Waals surface area contributed by atoms with Gasteiger partial charge in [-0.25, -0.2) is 14.3 Å². The zero-order valence-corrected chi connectivity index (χ0v) is 16.5. The number of ether oxygens (including phenoxy) is 1. The second kappa shape index (κ2) is 8.64. The molecule has 0 bridgehead atoms. The van der Waals surface area contributed by atoms with E-state index in [9.17, 15) is 9.59 Å². The molecular formula is C17H26N6O3S. The molecule has 0 radical (unpaired) electrons. The van der Waals surface area contributed by atoms with Crippen LogP contribution in [0.2, 0.25) is 0 Å². The van der Waals surface area contributed by atoms with E-state index in [0.29, 0.717) is 28.1 Å². The number of amides is 2. The summed E-state index contributed by atoms with van der Waals surface area (Å²) in [4.78, 5) is 24.1. The predicted octanol–water partition coefficient (Wildman–Crippen LogP) is 1.65. The van der Waals surface area contributed by atoms with Crippen molar-refractivity contribution >= 4 is 23.8 Å². The fraction of sp³-hybridized carbons (Fsp3) is 0.647. The van der Waals surface area contributed by atoms with Gasteiger partial charge in [0, 0.05) is 17.4 Å². The first kappa shape index (κ1) is 19.5. The maximum Gasteiger partial charge on any atom is 0.337 e. The lowest BCUT2D eigenvalue weighted by Gasteiger charge is -2.26. The number of hydrogen-bond acceptors (Lipinski definition) is 7. The largest absolute Gasteiger partial charge is 0.463 e. The molecule has 2 heterocycles. The number of nitrogens with two attached hydrogens (primary N) is 1. The molecule has 1 aliphatic heterocycles. The van der Waals surface area contributed by atoms with Gasteiger partial charge < -0.3 is 21.2 Å². The zero-order chi connectivity index (χ0) is 19.4. The molecule has 2 amide bonds. The van der Waals surface area contributed by atoms with Crippen molar-refractivity contribution in [3.05, 3.63) is 17.1 Å². The Balaban J connectivity index is 1.75. The Bertz CT molecular complexity index is 741. The number of rotatable bonds is 6. The van der Waals surface area contributed by atoms with Crippen LogP contribution >= 0.6 is 11.8 Å². The molecule has 148 valence electrons. The minimum Gasteiger partial charge on any atom is -0.463 e. The molecule has 0 spiro atoms. The van der Waals surface area contributed by atoms with Gasteiger partial charge in [-0.05, 0) is 26.7 Å². The number of esters is 1. The van der Waals surface area contributed by atoms with Gasteiger partial charge in [0.15, 0.2) is 5.82 Å². The first-order chi connectivity index (χ1) is 13.0. The third-order valence-electron chi connectivity index (χ3n) is 4.87. The minimum absolute atomic E-state index is 0.269. The van der Waals surface area contributed by atoms with Crippen molar-refractivity contribution < 1.29 is 14.3 Å². The summed E-state index contributed by atoms with van der Waals surface area (Å²) in [5.74, 6) is 7.26. The average molecular weight is 395 g/mol. The lowest BCUT2D eigenvalue weighted by atomic mass is 9.89. The highest BCUT2D eigenvalue weighted by Gasteiger charge is 2.30. The molecule has 10 heteroatoms. The van der Waals surface area contributed by atoms with Gasteiger partial charge in [-0.1, -0.05) is 31.0 Å². The quantitative estimate of drug-likeness (QED) is 0.381. The van der Waals surface area contributed by atoms with Crippen LogP contribution in [0.5, 0.6) is 0 Å². The van der Waals surface area contributed by atoms with Gasteiger partial charge in [0.1, 0.15) is 0 Å². The zero-order valence-electron chi connectivity index (χ0n) is 15.7. The number of thioether (sulfide) groups is 1. The van der Waals surface area contributed by atoms with Gasteiger partial charge in [-0.2, -0.15) is 0 Å². The number of hydrogen-bond donors (Lipinski definition) is 3. The van der Waals surface area contributed by atoms with Crippen LogP contribution in [0.1, 0.15) is 57.7 Å². The van der Waals surface area contributed by atoms with E-state index < -0.39 is 12.0 Å². The maximum atomic E-state index is 12.3. The molecule has 0 aromatic carbocycles. The second-order valence-corrected chi connectivity index (χ2v) is 7.71. The number of nitrogens with zero attached hydrogens (tertiary/aromatic N) is 3. The summed E-state index contributed by atoms with van der Waals surface area (Å²) in [6, 6.07) is -0.773. The Morgan fingerprint density at radius 3 is 2.78 bits per heavy atom. The highest BCUT2D eigenvalue weighted by molar-refractivity contribution is 7.99. The number of aromatic nitrogens is 3. The van der Waals surface area contributed by atoms with Crippen molar-refractivity contribution in [1.29, 1.82) is 0 Å². The summed E-state index contributed by atoms with van der Waals surface area (Å²) in [7, 11) is 0. The predicted molar refractivity (Wildman–Crippen MR) is 102 cm³/mol. The van der Waals surface area contributed by atoms with Crippen LogP contribution in [0.3, 0.4) is 0 Å². The summed E-state index contributed by atoms with van der Waals surface area (Å²) in [5.41, 5.74) is 0.927. The topological polar surface area (TPSA) is 124 Å². The molecule has 1 aromatic heterocycles. The Labute approximate surface area is 162 Å². The van der Waals surface area contributed by atoms with Crippen LogP contribution in [0.15, 0.2) is 16.4 Å². The Morgan fingerprint density at radius 2 is 2.07 bits per heavy atom. The lowest BCUT2D eigenvalue weighted by Crippen LogP contribution is -2.49. The van der Waals surface area contributed by atoms with Crippen molar-refractivity contribution in [2.75, 3.05) is 18.2 Å². The number of urea groups is 1. The van der Waals surface area contributed by atoms with E-state index in [1.807, 2.05) is 0 Å². The SMILES string of the molecule is CCOC(=O)C1=C(CSc2nnc(C3CCCCC3)n2N)NC(=O)N[C@@H]1C. The Hall–Kier alpha value is -2.23. The fourth-order valence-corrected chi connectivity index (χ4v) is 4.39. The fourth-order valence-electron chi connectivity index (χ4n) is 3.56. The third-order valence-corrected chi connectivity index (χ3v) is 5.84. The van der Waals surface area contributed by atoms with Gasteiger partial charge in [-0.3, -0.25) is 0 Å². The van der Waals surface area contributed by atoms with E-state index in [0.717, 1.165) is 18.7 Å². The molecule has 1 fully saturated rings. The molecule has 3 rings (SSSR count). The number of nitrogen functional groups attached to an aromatic ring is 1. The van der Waals surface area contributed by atoms with Crippen LogP contribution in [0, 0.1) is 0 Å². The van der Waals surface area contributed by atoms with Gasteiger partial charge >= 0.3 is 12.0 Å². The highest BCUT2D eigenvalue weighted by atomic mass is 32.2. The normalized spacial score (nSPS) is 21.0. The van der Waals surface area contributed by atoms with Gasteiger partial charge in [0.2, 0.25) is 5.16 Å². The van der Waals surface area contributed by atoms with E-state index in [1.54, 1.807) is 13.8 Å². The number of carbonyl (C=O) groups excluding carboxylic acids is 2. The Morgan fingerprint density at radius 1 is 1.33 bits per heavy atom. The molecule has 4 N–H and O–H groups in total. The lowest BCUT2D eigenvalue weighted by molar-refractivity contribution is -0.138. The second-order valence-electron chi connectivity index (χ2n) is 6.77. The van der Waals surface area contributed by atoms with Gasteiger partial charge in [0.05, 0.1) is 18.2 Å². The molecule has 1 aliphatic carbocycles. The molecule has 1 atom stereocenters. The molecule has 27 heavy (non-hydrogen) atoms. The molecule has 0 unspecified atom stereocenters. The van der Waals surface area contributed by atoms with Crippen molar-refractivity contribution in [3.63, 3.8) is 0 Å². The van der Waals surface area contributed by atoms with Gasteiger partial charge in [0.25, 0.3) is 0 Å². The Kier molecular flexibility index (Phi) is 6.25. The van der Waals surface area contributed by atoms with Crippen molar-refractivity contribution in [1.82, 2.24) is 25.5 Å². The van der Waals surface area contributed by atoms with Gasteiger partial charge in [-0.15, -0.1) is 10.2 Å². The molecule has 2 aliphatic rings. The molecular weight excluding hydrogens is 368 g/mol. The van der Waals surface area contributed by atoms with Crippen LogP contribution in [-0.2, 0) is 9.53 Å². The van der Waals surface area contributed by atoms with Crippen LogP contribution < -0.4 is 16.5 Å². The first-order valence-corrected chi connectivity index (χ1v) is 10.3. The smallest absolute Gasteiger partial charge is 0.337 e. The van der Waals surface area contributed by atoms with Crippen LogP contribution in [0.25, 0.3) is 0 Å². The monoisotopic (exact) mass is 394 g/mol. The van der Waals surface area contributed by atoms with Crippen LogP contribution in [0.4, 0.5) is 4.79 Å². The summed E-state index contributed by atoms with van der Waals surface area (Å²) >= 11 is 1.34. The molecule has 1 aromatic rings. The minimum atomic E-state index is -0.440. The summed E-state index contributed by atoms with van der Waals surface area (Å²) < 4.78 is 6.66. The summed E-state index contributed by atoms with van der Waals surface area (Å²) in [5, 5.41) is 14.4. The first-order valence-electron chi connectivity index (χ1n) is 9.32. The van der Waals surface area contributed by atoms with E-state index in [1.165, 1.54) is 35.7 Å². The molecule has 1 saturated carbocycles. The average Bonchev–Trinajstić information content (AvgIpc) is 3.01. The van der Waals surface area contributed by atoms with E-state index in [-0.39, 0.29) is 12.6 Å². The van der Waals surface area contributed by atoms with Crippen LogP contribution in [-0.4, -0.2) is 45.3 Å². The number of carbonyl (C=O) groups is 2. The third kappa shape index (κ3) is 4.37. The standard InChI is InChI=1S/C17H26N6O3S/c1-3-26-15(24)13-10(2)19-16(25)20-12(13)9-27-17-22-21-14(23(17)18)11-7-5-4-6-8-11/h10-11H,3-9,18H2,1-2H3,(H2,19,20,25)/t10-/m1/s1. The van der Waals surface area contributed by atoms with Crippen molar-refractivity contribution in [3.8, 4) is 0 Å². The molecule has 0 saturated heterocycles. The van der Waals surface area contributed by atoms with E-state index in [4.69, 9.17) is 10.6 Å². The highest BCUT2D eigenvalue weighted by Crippen LogP contribution is 2.32. The van der Waals surface area contributed by atoms with E-state index in [2.05, 4.69) is 20.8 Å². The summed E-state index contributed by atoms with van der Waals surface area (Å²) in [6.45, 7) is 3.77. The van der Waals surface area contributed by atoms with Crippen molar-refractivity contribution in [2.45, 2.75) is 63.1 Å². The summed E-state index contributed by atoms with van der Waals surface area (Å²) in [6.07, 6.45) is 5.79.